The summed E-state index contributed by atoms with van der Waals surface area (Å²) >= 11 is 3.39. The highest BCUT2D eigenvalue weighted by Gasteiger charge is 2.26. The van der Waals surface area contributed by atoms with Crippen molar-refractivity contribution in [2.75, 3.05) is 13.2 Å². The Labute approximate surface area is 130 Å². The van der Waals surface area contributed by atoms with Crippen molar-refractivity contribution in [1.82, 2.24) is 4.90 Å². The smallest absolute Gasteiger partial charge is 0.119 e. The predicted octanol–water partition coefficient (Wildman–Crippen LogP) is 3.45. The van der Waals surface area contributed by atoms with Gasteiger partial charge in [0.2, 0.25) is 0 Å². The monoisotopic (exact) mass is 341 g/mol. The summed E-state index contributed by atoms with van der Waals surface area (Å²) in [6.07, 6.45) is 3.31. The van der Waals surface area contributed by atoms with Crippen molar-refractivity contribution in [3.05, 3.63) is 28.7 Å². The van der Waals surface area contributed by atoms with Crippen LogP contribution in [-0.4, -0.2) is 41.3 Å². The molecule has 0 unspecified atom stereocenters. The first-order valence-corrected chi connectivity index (χ1v) is 8.17. The molecule has 1 aliphatic heterocycles. The molecule has 112 valence electrons. The number of β-amino-alcohol motifs (C(OH)–C–C–N with tert-alkyl or cyclic N) is 1. The van der Waals surface area contributed by atoms with Crippen LogP contribution in [0.25, 0.3) is 0 Å². The van der Waals surface area contributed by atoms with E-state index in [0.29, 0.717) is 25.2 Å². The molecule has 1 aliphatic rings. The van der Waals surface area contributed by atoms with Crippen LogP contribution in [0.2, 0.25) is 0 Å². The number of benzene rings is 1. The Bertz CT molecular complexity index is 399. The molecule has 1 saturated heterocycles. The summed E-state index contributed by atoms with van der Waals surface area (Å²) in [6, 6.07) is 8.81. The summed E-state index contributed by atoms with van der Waals surface area (Å²) < 4.78 is 6.67. The Morgan fingerprint density at radius 3 is 2.45 bits per heavy atom. The molecule has 0 saturated carbocycles. The number of nitrogens with zero attached hydrogens (tertiary/aromatic N) is 1. The molecule has 1 aromatic carbocycles. The lowest BCUT2D eigenvalue weighted by Gasteiger charge is -2.40. The molecule has 3 atom stereocenters. The molecule has 1 heterocycles. The van der Waals surface area contributed by atoms with Crippen LogP contribution >= 0.6 is 15.9 Å². The highest BCUT2D eigenvalue weighted by Crippen LogP contribution is 2.22. The standard InChI is InChI=1S/C16H24BrNO2/c1-12-4-3-5-13(2)18(12)10-15(19)11-20-16-8-6-14(17)7-9-16/h6-9,12-13,15,19H,3-5,10-11H2,1-2H3/t12-,13+,15-/m1/s1. The summed E-state index contributed by atoms with van der Waals surface area (Å²) in [5, 5.41) is 10.2. The Morgan fingerprint density at radius 2 is 1.85 bits per heavy atom. The molecule has 0 aromatic heterocycles. The number of likely N-dealkylation sites (tertiary alicyclic amines) is 1. The first kappa shape index (κ1) is 15.8. The number of piperidine rings is 1. The van der Waals surface area contributed by atoms with E-state index in [1.807, 2.05) is 24.3 Å². The number of rotatable bonds is 5. The van der Waals surface area contributed by atoms with E-state index >= 15 is 0 Å². The molecule has 0 bridgehead atoms. The van der Waals surface area contributed by atoms with Crippen LogP contribution < -0.4 is 4.74 Å². The van der Waals surface area contributed by atoms with Crippen LogP contribution in [0.1, 0.15) is 33.1 Å². The molecule has 0 amide bonds. The minimum Gasteiger partial charge on any atom is -0.491 e. The Balaban J connectivity index is 1.79. The van der Waals surface area contributed by atoms with Crippen LogP contribution in [0, 0.1) is 0 Å². The van der Waals surface area contributed by atoms with Gasteiger partial charge in [-0.15, -0.1) is 0 Å². The summed E-state index contributed by atoms with van der Waals surface area (Å²) in [5.74, 6) is 0.798. The fourth-order valence-electron chi connectivity index (χ4n) is 2.85. The van der Waals surface area contributed by atoms with Crippen LogP contribution in [0.5, 0.6) is 5.75 Å². The van der Waals surface area contributed by atoms with Crippen LogP contribution in [0.4, 0.5) is 0 Å². The lowest BCUT2D eigenvalue weighted by molar-refractivity contribution is 0.0209. The molecule has 4 heteroatoms. The Kier molecular flexibility index (Phi) is 5.87. The van der Waals surface area contributed by atoms with Crippen LogP contribution in [0.15, 0.2) is 28.7 Å². The molecule has 20 heavy (non-hydrogen) atoms. The molecule has 1 N–H and O–H groups in total. The second-order valence-corrected chi connectivity index (χ2v) is 6.66. The third-order valence-corrected chi connectivity index (χ3v) is 4.58. The zero-order chi connectivity index (χ0) is 14.5. The number of ether oxygens (including phenoxy) is 1. The van der Waals surface area contributed by atoms with Gasteiger partial charge in [0.1, 0.15) is 18.5 Å². The summed E-state index contributed by atoms with van der Waals surface area (Å²) in [6.45, 7) is 5.53. The van der Waals surface area contributed by atoms with Gasteiger partial charge in [0.15, 0.2) is 0 Å². The second kappa shape index (κ2) is 7.43. The minimum atomic E-state index is -0.443. The number of halogens is 1. The van der Waals surface area contributed by atoms with Crippen molar-refractivity contribution in [1.29, 1.82) is 0 Å². The summed E-state index contributed by atoms with van der Waals surface area (Å²) in [4.78, 5) is 2.40. The van der Waals surface area contributed by atoms with E-state index in [1.165, 1.54) is 19.3 Å². The van der Waals surface area contributed by atoms with Gasteiger partial charge >= 0.3 is 0 Å². The molecule has 0 radical (unpaired) electrons. The topological polar surface area (TPSA) is 32.7 Å². The maximum atomic E-state index is 10.2. The molecule has 1 fully saturated rings. The van der Waals surface area contributed by atoms with Gasteiger partial charge < -0.3 is 9.84 Å². The van der Waals surface area contributed by atoms with Crippen molar-refractivity contribution in [2.24, 2.45) is 0 Å². The third-order valence-electron chi connectivity index (χ3n) is 4.05. The molecular weight excluding hydrogens is 318 g/mol. The Hall–Kier alpha value is -0.580. The number of aliphatic hydroxyl groups is 1. The molecule has 2 rings (SSSR count). The van der Waals surface area contributed by atoms with Crippen molar-refractivity contribution >= 4 is 15.9 Å². The van der Waals surface area contributed by atoms with Crippen molar-refractivity contribution in [3.8, 4) is 5.75 Å². The molecular formula is C16H24BrNO2. The number of hydrogen-bond acceptors (Lipinski definition) is 3. The van der Waals surface area contributed by atoms with E-state index in [1.54, 1.807) is 0 Å². The van der Waals surface area contributed by atoms with Gasteiger partial charge in [-0.05, 0) is 51.0 Å². The van der Waals surface area contributed by atoms with E-state index in [-0.39, 0.29) is 0 Å². The van der Waals surface area contributed by atoms with Crippen molar-refractivity contribution in [2.45, 2.75) is 51.3 Å². The number of hydrogen-bond donors (Lipinski definition) is 1. The highest BCUT2D eigenvalue weighted by atomic mass is 79.9. The molecule has 0 spiro atoms. The van der Waals surface area contributed by atoms with E-state index < -0.39 is 6.10 Å². The number of aliphatic hydroxyl groups excluding tert-OH is 1. The average Bonchev–Trinajstić information content (AvgIpc) is 2.42. The normalized spacial score (nSPS) is 25.4. The van der Waals surface area contributed by atoms with Gasteiger partial charge in [0.25, 0.3) is 0 Å². The van der Waals surface area contributed by atoms with E-state index in [4.69, 9.17) is 4.74 Å². The third kappa shape index (κ3) is 4.47. The fourth-order valence-corrected chi connectivity index (χ4v) is 3.12. The van der Waals surface area contributed by atoms with Gasteiger partial charge in [-0.3, -0.25) is 4.90 Å². The first-order valence-electron chi connectivity index (χ1n) is 7.38. The SMILES string of the molecule is C[C@@H]1CCC[C@H](C)N1C[C@@H](O)COc1ccc(Br)cc1. The lowest BCUT2D eigenvalue weighted by atomic mass is 9.97. The first-order chi connectivity index (χ1) is 9.56. The molecule has 0 aliphatic carbocycles. The van der Waals surface area contributed by atoms with Gasteiger partial charge in [-0.25, -0.2) is 0 Å². The quantitative estimate of drug-likeness (QED) is 0.890. The average molecular weight is 342 g/mol. The lowest BCUT2D eigenvalue weighted by Crippen LogP contribution is -2.48. The van der Waals surface area contributed by atoms with Gasteiger partial charge in [-0.1, -0.05) is 22.4 Å². The second-order valence-electron chi connectivity index (χ2n) is 5.74. The van der Waals surface area contributed by atoms with Crippen LogP contribution in [-0.2, 0) is 0 Å². The van der Waals surface area contributed by atoms with Gasteiger partial charge in [-0.2, -0.15) is 0 Å². The van der Waals surface area contributed by atoms with E-state index in [9.17, 15) is 5.11 Å². The van der Waals surface area contributed by atoms with Crippen LogP contribution in [0.3, 0.4) is 0 Å². The molecule has 1 aromatic rings. The van der Waals surface area contributed by atoms with Crippen molar-refractivity contribution in [3.63, 3.8) is 0 Å². The van der Waals surface area contributed by atoms with Crippen molar-refractivity contribution < 1.29 is 9.84 Å². The largest absolute Gasteiger partial charge is 0.491 e. The van der Waals surface area contributed by atoms with E-state index in [2.05, 4.69) is 34.7 Å². The fraction of sp³-hybridized carbons (Fsp3) is 0.625. The van der Waals surface area contributed by atoms with Gasteiger partial charge in [0, 0.05) is 23.1 Å². The zero-order valence-electron chi connectivity index (χ0n) is 12.3. The van der Waals surface area contributed by atoms with Gasteiger partial charge in [0.05, 0.1) is 0 Å². The summed E-state index contributed by atoms with van der Waals surface area (Å²) in [5.41, 5.74) is 0. The zero-order valence-corrected chi connectivity index (χ0v) is 13.8. The maximum absolute atomic E-state index is 10.2. The van der Waals surface area contributed by atoms with E-state index in [0.717, 1.165) is 10.2 Å². The Morgan fingerprint density at radius 1 is 1.25 bits per heavy atom. The minimum absolute atomic E-state index is 0.345. The predicted molar refractivity (Wildman–Crippen MR) is 85.1 cm³/mol. The highest BCUT2D eigenvalue weighted by molar-refractivity contribution is 9.10. The summed E-state index contributed by atoms with van der Waals surface area (Å²) in [7, 11) is 0. The molecule has 3 nitrogen and oxygen atoms in total. The maximum Gasteiger partial charge on any atom is 0.119 e.